The van der Waals surface area contributed by atoms with E-state index in [0.717, 1.165) is 83.5 Å². The molecule has 0 radical (unpaired) electrons. The highest BCUT2D eigenvalue weighted by Crippen LogP contribution is 2.33. The maximum Gasteiger partial charge on any atom is 0.220 e. The second-order valence-electron chi connectivity index (χ2n) is 31.0. The van der Waals surface area contributed by atoms with E-state index in [1.807, 2.05) is 6.08 Å². The first-order chi connectivity index (χ1) is 52.8. The number of carbonyl (C=O) groups excluding carboxylic acids is 1. The normalized spacial score (nSPS) is 25.8. The van der Waals surface area contributed by atoms with Crippen LogP contribution in [0.5, 0.6) is 0 Å². The van der Waals surface area contributed by atoms with Crippen molar-refractivity contribution in [3.8, 4) is 0 Å². The molecule has 19 nitrogen and oxygen atoms in total. The summed E-state index contributed by atoms with van der Waals surface area (Å²) in [6, 6.07) is -0.978. The highest BCUT2D eigenvalue weighted by atomic mass is 16.8. The lowest BCUT2D eigenvalue weighted by atomic mass is 9.96. The molecule has 0 aliphatic carbocycles. The summed E-state index contributed by atoms with van der Waals surface area (Å²) in [5, 5.41) is 121. The number of nitrogens with one attached hydrogen (secondary N) is 1. The monoisotopic (exact) mass is 1530 g/mol. The van der Waals surface area contributed by atoms with Gasteiger partial charge in [-0.15, -0.1) is 0 Å². The second-order valence-corrected chi connectivity index (χ2v) is 31.0. The summed E-state index contributed by atoms with van der Waals surface area (Å²) in [5.74, 6) is -0.272. The van der Waals surface area contributed by atoms with Crippen molar-refractivity contribution in [3.63, 3.8) is 0 Å². The average Bonchev–Trinajstić information content (AvgIpc) is 0.779. The molecule has 17 atom stereocenters. The Hall–Kier alpha value is -3.03. The number of amides is 1. The molecule has 12 N–H and O–H groups in total. The Kier molecular flexibility index (Phi) is 62.8. The summed E-state index contributed by atoms with van der Waals surface area (Å²) in [6.45, 7) is 1.67. The Morgan fingerprint density at radius 1 is 0.343 bits per heavy atom. The topological polar surface area (TPSA) is 307 Å². The van der Waals surface area contributed by atoms with Crippen LogP contribution in [0.1, 0.15) is 341 Å². The Balaban J connectivity index is 1.33. The molecule has 108 heavy (non-hydrogen) atoms. The van der Waals surface area contributed by atoms with Gasteiger partial charge in [-0.25, -0.2) is 0 Å². The lowest BCUT2D eigenvalue weighted by molar-refractivity contribution is -0.379. The number of unbranched alkanes of at least 4 members (excludes halogenated alkanes) is 42. The van der Waals surface area contributed by atoms with Crippen LogP contribution >= 0.6 is 0 Å². The number of hydrogen-bond donors (Lipinski definition) is 12. The molecular weight excluding hydrogens is 1370 g/mol. The van der Waals surface area contributed by atoms with Gasteiger partial charge in [0, 0.05) is 6.42 Å². The molecule has 3 aliphatic rings. The molecule has 0 bridgehead atoms. The number of rotatable bonds is 70. The van der Waals surface area contributed by atoms with E-state index in [9.17, 15) is 61.0 Å². The SMILES string of the molecule is CC/C=C\C/C=C\C/C=C\C/C=C\C/C=C\C/C=C\CCCCCCCCCCCCCCCCCCCCC(=O)NC(COC1OC(CO)C(OC2OC(CO)C(OC3OC(CO)C(O)C(O)C3O)C(O)C2O)C(O)C1O)C(O)/C=C/CCCCCCCCCCCCCCCCCCCCCCCCCC. The standard InChI is InChI=1S/C89H159NO18/c1-3-5-7-9-11-13-15-17-19-21-23-25-27-29-31-32-33-34-35-36-37-38-39-40-41-43-45-47-49-51-53-55-57-59-61-63-65-67-77(95)90-72(73(94)66-64-62-60-58-56-54-52-50-48-46-44-42-30-28-26-24-22-20-18-16-14-12-10-8-6-4-2)71-103-87-83(101)80(98)85(75(69-92)105-87)108-89-84(102)81(99)86(76(70-93)106-89)107-88-82(100)79(97)78(96)74(68-91)104-88/h5,7,11,13,17,19,23,25,29,31,33-34,64,66,72-76,78-89,91-94,96-102H,3-4,6,8-10,12,14-16,18,20-22,24,26-28,30,32,35-63,65,67-71H2,1-2H3,(H,90,95)/b7-5-,13-11-,19-17-,25-23-,31-29-,34-33-,66-64+. The third-order valence-corrected chi connectivity index (χ3v) is 21.4. The number of aliphatic hydroxyl groups is 11. The first-order valence-electron chi connectivity index (χ1n) is 43.8. The molecule has 0 aromatic carbocycles. The Labute approximate surface area is 654 Å². The van der Waals surface area contributed by atoms with Crippen molar-refractivity contribution in [2.75, 3.05) is 26.4 Å². The van der Waals surface area contributed by atoms with Crippen LogP contribution in [0.15, 0.2) is 85.1 Å². The largest absolute Gasteiger partial charge is 0.394 e. The van der Waals surface area contributed by atoms with Crippen molar-refractivity contribution in [1.82, 2.24) is 5.32 Å². The van der Waals surface area contributed by atoms with Gasteiger partial charge < -0.3 is 89.9 Å². The minimum atomic E-state index is -1.98. The summed E-state index contributed by atoms with van der Waals surface area (Å²) in [4.78, 5) is 13.5. The molecule has 0 aromatic heterocycles. The molecule has 3 saturated heterocycles. The van der Waals surface area contributed by atoms with Gasteiger partial charge in [-0.1, -0.05) is 349 Å². The number of carbonyl (C=O) groups is 1. The number of ether oxygens (including phenoxy) is 6. The Bertz CT molecular complexity index is 2280. The zero-order chi connectivity index (χ0) is 78.1. The lowest BCUT2D eigenvalue weighted by Gasteiger charge is -2.48. The summed E-state index contributed by atoms with van der Waals surface area (Å²) in [6.07, 6.45) is 65.8. The molecule has 17 unspecified atom stereocenters. The average molecular weight is 1530 g/mol. The van der Waals surface area contributed by atoms with Crippen molar-refractivity contribution in [2.24, 2.45) is 0 Å². The predicted octanol–water partition coefficient (Wildman–Crippen LogP) is 16.1. The smallest absolute Gasteiger partial charge is 0.220 e. The maximum absolute atomic E-state index is 13.5. The zero-order valence-electron chi connectivity index (χ0n) is 67.6. The van der Waals surface area contributed by atoms with E-state index in [-0.39, 0.29) is 18.9 Å². The van der Waals surface area contributed by atoms with E-state index in [1.54, 1.807) is 6.08 Å². The van der Waals surface area contributed by atoms with Crippen LogP contribution < -0.4 is 5.32 Å². The van der Waals surface area contributed by atoms with Crippen LogP contribution in [0, 0.1) is 0 Å². The second kappa shape index (κ2) is 68.4. The fourth-order valence-electron chi connectivity index (χ4n) is 14.5. The van der Waals surface area contributed by atoms with Gasteiger partial charge in [-0.3, -0.25) is 4.79 Å². The molecule has 3 fully saturated rings. The number of aliphatic hydroxyl groups excluding tert-OH is 11. The van der Waals surface area contributed by atoms with Crippen molar-refractivity contribution >= 4 is 5.91 Å². The van der Waals surface area contributed by atoms with Crippen molar-refractivity contribution in [3.05, 3.63) is 85.1 Å². The van der Waals surface area contributed by atoms with Crippen LogP contribution in [0.3, 0.4) is 0 Å². The van der Waals surface area contributed by atoms with Gasteiger partial charge in [-0.05, 0) is 70.6 Å². The van der Waals surface area contributed by atoms with Gasteiger partial charge in [0.15, 0.2) is 18.9 Å². The summed E-state index contributed by atoms with van der Waals surface area (Å²) in [5.41, 5.74) is 0. The molecule has 0 aromatic rings. The molecule has 628 valence electrons. The van der Waals surface area contributed by atoms with Crippen molar-refractivity contribution in [2.45, 2.75) is 446 Å². The van der Waals surface area contributed by atoms with Gasteiger partial charge in [0.25, 0.3) is 0 Å². The van der Waals surface area contributed by atoms with E-state index in [0.29, 0.717) is 6.42 Å². The quantitative estimate of drug-likeness (QED) is 0.0199. The highest BCUT2D eigenvalue weighted by Gasteiger charge is 2.54. The number of hydrogen-bond acceptors (Lipinski definition) is 18. The fourth-order valence-corrected chi connectivity index (χ4v) is 14.5. The summed E-state index contributed by atoms with van der Waals surface area (Å²) in [7, 11) is 0. The number of allylic oxidation sites excluding steroid dienone is 13. The van der Waals surface area contributed by atoms with Gasteiger partial charge in [0.05, 0.1) is 38.6 Å². The molecular formula is C89H159NO18. The van der Waals surface area contributed by atoms with Crippen LogP contribution in [-0.4, -0.2) is 193 Å². The minimum absolute atomic E-state index is 0.243. The van der Waals surface area contributed by atoms with E-state index >= 15 is 0 Å². The van der Waals surface area contributed by atoms with Crippen LogP contribution in [0.4, 0.5) is 0 Å². The molecule has 0 saturated carbocycles. The predicted molar refractivity (Wildman–Crippen MR) is 434 cm³/mol. The highest BCUT2D eigenvalue weighted by molar-refractivity contribution is 5.76. The van der Waals surface area contributed by atoms with Gasteiger partial charge in [0.2, 0.25) is 5.91 Å². The van der Waals surface area contributed by atoms with E-state index < -0.39 is 124 Å². The van der Waals surface area contributed by atoms with Crippen molar-refractivity contribution in [1.29, 1.82) is 0 Å². The Morgan fingerprint density at radius 2 is 0.639 bits per heavy atom. The van der Waals surface area contributed by atoms with E-state index in [4.69, 9.17) is 28.4 Å². The van der Waals surface area contributed by atoms with Crippen molar-refractivity contribution < 1.29 is 89.4 Å². The van der Waals surface area contributed by atoms with Crippen LogP contribution in [0.2, 0.25) is 0 Å². The molecule has 1 amide bonds. The molecule has 0 spiro atoms. The van der Waals surface area contributed by atoms with Gasteiger partial charge in [-0.2, -0.15) is 0 Å². The Morgan fingerprint density at radius 3 is 1.00 bits per heavy atom. The lowest BCUT2D eigenvalue weighted by Crippen LogP contribution is -2.66. The third-order valence-electron chi connectivity index (χ3n) is 21.4. The minimum Gasteiger partial charge on any atom is -0.394 e. The zero-order valence-corrected chi connectivity index (χ0v) is 67.6. The first kappa shape index (κ1) is 99.2. The maximum atomic E-state index is 13.5. The summed E-state index contributed by atoms with van der Waals surface area (Å²) < 4.78 is 34.5. The van der Waals surface area contributed by atoms with E-state index in [1.165, 1.54) is 231 Å². The van der Waals surface area contributed by atoms with E-state index in [2.05, 4.69) is 92.1 Å². The third kappa shape index (κ3) is 47.0. The van der Waals surface area contributed by atoms with Gasteiger partial charge >= 0.3 is 0 Å². The molecule has 19 heteroatoms. The molecule has 3 heterocycles. The fraction of sp³-hybridized carbons (Fsp3) is 0.831. The van der Waals surface area contributed by atoms with Crippen LogP contribution in [0.25, 0.3) is 0 Å². The summed E-state index contributed by atoms with van der Waals surface area (Å²) >= 11 is 0. The van der Waals surface area contributed by atoms with Gasteiger partial charge in [0.1, 0.15) is 73.2 Å². The first-order valence-corrected chi connectivity index (χ1v) is 43.8. The molecule has 3 aliphatic heterocycles. The molecule has 3 rings (SSSR count). The van der Waals surface area contributed by atoms with Crippen LogP contribution in [-0.2, 0) is 33.2 Å².